The minimum absolute atomic E-state index is 0. The van der Waals surface area contributed by atoms with Gasteiger partial charge < -0.3 is 20.5 Å². The Labute approximate surface area is 213 Å². The topological polar surface area (TPSA) is 103 Å². The Balaban J connectivity index is 0.00000110. The Morgan fingerprint density at radius 1 is 0.441 bits per heavy atom. The molecule has 0 heterocycles. The van der Waals surface area contributed by atoms with Crippen LogP contribution in [0.1, 0.15) is 0 Å². The van der Waals surface area contributed by atoms with Crippen molar-refractivity contribution in [3.8, 4) is 0 Å². The van der Waals surface area contributed by atoms with Crippen molar-refractivity contribution in [2.75, 3.05) is 14.2 Å². The molecule has 4 aromatic rings. The van der Waals surface area contributed by atoms with Crippen LogP contribution < -0.4 is 36.3 Å². The van der Waals surface area contributed by atoms with Gasteiger partial charge in [-0.25, -0.2) is 0 Å². The molecule has 34 heavy (non-hydrogen) atoms. The Morgan fingerprint density at radius 3 is 0.794 bits per heavy atom. The summed E-state index contributed by atoms with van der Waals surface area (Å²) < 4.78 is 0. The quantitative estimate of drug-likeness (QED) is 0.301. The SMILES string of the molecule is C[O-].C[O-].[Cu+2].[N-]=P(NP(=[N-])(c1ccccc1)c1ccccc1)(c1ccccc1)c1ccccc1. The van der Waals surface area contributed by atoms with E-state index in [9.17, 15) is 10.3 Å². The van der Waals surface area contributed by atoms with E-state index in [1.54, 1.807) is 0 Å². The average Bonchev–Trinajstić information content (AvgIpc) is 2.93. The van der Waals surface area contributed by atoms with E-state index in [1.165, 1.54) is 0 Å². The number of hydrogen-bond donors (Lipinski definition) is 1. The largest absolute Gasteiger partial charge is 2.00 e. The van der Waals surface area contributed by atoms with Crippen LogP contribution in [0.3, 0.4) is 0 Å². The summed E-state index contributed by atoms with van der Waals surface area (Å²) in [4.78, 5) is 3.41. The third kappa shape index (κ3) is 6.88. The number of nitrogens with zero attached hydrogens (tertiary/aromatic N) is 2. The van der Waals surface area contributed by atoms with Crippen molar-refractivity contribution in [1.82, 2.24) is 4.86 Å². The second-order valence-electron chi connectivity index (χ2n) is 6.71. The second-order valence-corrected chi connectivity index (χ2v) is 12.1. The van der Waals surface area contributed by atoms with Gasteiger partial charge in [0.05, 0.1) is 0 Å². The normalized spacial score (nSPS) is 10.5. The van der Waals surface area contributed by atoms with Gasteiger partial charge >= 0.3 is 17.1 Å². The van der Waals surface area contributed by atoms with Crippen LogP contribution >= 0.6 is 14.4 Å². The maximum atomic E-state index is 12.1. The number of rotatable bonds is 6. The maximum absolute atomic E-state index is 12.1. The van der Waals surface area contributed by atoms with E-state index in [1.807, 2.05) is 121 Å². The first-order valence-corrected chi connectivity index (χ1v) is 13.7. The summed E-state index contributed by atoms with van der Waals surface area (Å²) in [5.41, 5.74) is 0. The van der Waals surface area contributed by atoms with E-state index in [-0.39, 0.29) is 17.1 Å². The van der Waals surface area contributed by atoms with Gasteiger partial charge in [-0.05, 0) is 21.2 Å². The Kier molecular flexibility index (Phi) is 13.0. The van der Waals surface area contributed by atoms with Crippen LogP contribution in [0.4, 0.5) is 0 Å². The third-order valence-corrected chi connectivity index (χ3v) is 11.3. The van der Waals surface area contributed by atoms with Crippen molar-refractivity contribution in [2.24, 2.45) is 0 Å². The van der Waals surface area contributed by atoms with Crippen molar-refractivity contribution >= 4 is 35.6 Å². The Hall–Kier alpha value is -2.26. The van der Waals surface area contributed by atoms with Crippen LogP contribution in [-0.4, -0.2) is 14.2 Å². The van der Waals surface area contributed by atoms with E-state index in [2.05, 4.69) is 4.86 Å². The van der Waals surface area contributed by atoms with Crippen LogP contribution in [0.2, 0.25) is 0 Å². The molecular weight excluding hydrogens is 512 g/mol. The molecule has 1 radical (unpaired) electrons. The minimum Gasteiger partial charge on any atom is -0.857 e. The van der Waals surface area contributed by atoms with E-state index in [4.69, 9.17) is 10.2 Å². The van der Waals surface area contributed by atoms with Gasteiger partial charge in [0.1, 0.15) is 0 Å². The Bertz CT molecular complexity index is 998. The van der Waals surface area contributed by atoms with Gasteiger partial charge in [0.15, 0.2) is 0 Å². The second kappa shape index (κ2) is 14.9. The van der Waals surface area contributed by atoms with Crippen LogP contribution in [0, 0.1) is 0 Å². The van der Waals surface area contributed by atoms with Crippen LogP contribution in [0.15, 0.2) is 121 Å². The summed E-state index contributed by atoms with van der Waals surface area (Å²) in [5, 5.41) is 43.8. The molecular formula is C26H27CuN3O2P2-2. The molecule has 4 aromatic carbocycles. The molecule has 0 spiro atoms. The maximum Gasteiger partial charge on any atom is 2.00 e. The van der Waals surface area contributed by atoms with Crippen LogP contribution in [0.5, 0.6) is 0 Å². The van der Waals surface area contributed by atoms with Crippen LogP contribution in [-0.2, 0) is 17.1 Å². The zero-order valence-electron chi connectivity index (χ0n) is 19.0. The van der Waals surface area contributed by atoms with Crippen LogP contribution in [0.25, 0.3) is 10.3 Å². The monoisotopic (exact) mass is 538 g/mol. The zero-order valence-corrected chi connectivity index (χ0v) is 21.7. The standard InChI is InChI=1S/C24H21N3P2.2CH3O.Cu/c25-28(21-13-5-1-6-14-21,22-15-7-2-8-16-22)27-29(26,23-17-9-3-10-18-23)24-19-11-4-12-20-24;2*1-2;/h1-20H,(H-2,25,26,27);2*1H3;/q-2;2*-1;+2. The summed E-state index contributed by atoms with van der Waals surface area (Å²) in [6, 6.07) is 38.3. The summed E-state index contributed by atoms with van der Waals surface area (Å²) >= 11 is 0. The third-order valence-electron chi connectivity index (χ3n) is 4.81. The summed E-state index contributed by atoms with van der Waals surface area (Å²) in [6.45, 7) is 0. The molecule has 181 valence electrons. The summed E-state index contributed by atoms with van der Waals surface area (Å²) in [5.74, 6) is 0. The summed E-state index contributed by atoms with van der Waals surface area (Å²) in [7, 11) is -4.65. The van der Waals surface area contributed by atoms with Gasteiger partial charge in [-0.3, -0.25) is 4.86 Å². The molecule has 0 unspecified atom stereocenters. The smallest absolute Gasteiger partial charge is 0.857 e. The Morgan fingerprint density at radius 2 is 0.618 bits per heavy atom. The first-order chi connectivity index (χ1) is 16.1. The number of nitrogens with one attached hydrogen (secondary N) is 1. The predicted octanol–water partition coefficient (Wildman–Crippen LogP) is 3.20. The zero-order chi connectivity index (χ0) is 24.2. The molecule has 0 aliphatic carbocycles. The van der Waals surface area contributed by atoms with E-state index in [0.29, 0.717) is 0 Å². The van der Waals surface area contributed by atoms with Gasteiger partial charge in [0.25, 0.3) is 0 Å². The molecule has 0 amide bonds. The van der Waals surface area contributed by atoms with Crippen molar-refractivity contribution in [1.29, 1.82) is 0 Å². The van der Waals surface area contributed by atoms with Gasteiger partial charge in [-0.15, -0.1) is 14.4 Å². The fraction of sp³-hybridized carbons (Fsp3) is 0.0769. The van der Waals surface area contributed by atoms with Gasteiger partial charge in [0, 0.05) is 0 Å². The number of benzene rings is 4. The first-order valence-electron chi connectivity index (χ1n) is 10.2. The molecule has 8 heteroatoms. The first kappa shape index (κ1) is 29.8. The molecule has 0 saturated heterocycles. The number of hydrogen-bond acceptors (Lipinski definition) is 2. The average molecular weight is 539 g/mol. The van der Waals surface area contributed by atoms with Gasteiger partial charge in [-0.2, -0.15) is 14.2 Å². The molecule has 0 aliphatic rings. The molecule has 0 aliphatic heterocycles. The molecule has 1 N–H and O–H groups in total. The van der Waals surface area contributed by atoms with Gasteiger partial charge in [0.2, 0.25) is 0 Å². The van der Waals surface area contributed by atoms with E-state index < -0.39 is 14.4 Å². The van der Waals surface area contributed by atoms with E-state index >= 15 is 0 Å². The van der Waals surface area contributed by atoms with Crippen molar-refractivity contribution in [3.05, 3.63) is 132 Å². The minimum atomic E-state index is -3.08. The fourth-order valence-electron chi connectivity index (χ4n) is 3.31. The van der Waals surface area contributed by atoms with Crippen molar-refractivity contribution < 1.29 is 27.3 Å². The molecule has 0 fully saturated rings. The predicted molar refractivity (Wildman–Crippen MR) is 140 cm³/mol. The summed E-state index contributed by atoms with van der Waals surface area (Å²) in [6.07, 6.45) is 0. The molecule has 0 atom stereocenters. The molecule has 0 aromatic heterocycles. The van der Waals surface area contributed by atoms with Crippen molar-refractivity contribution in [2.45, 2.75) is 0 Å². The molecule has 5 nitrogen and oxygen atoms in total. The molecule has 0 saturated carbocycles. The molecule has 0 bridgehead atoms. The van der Waals surface area contributed by atoms with E-state index in [0.717, 1.165) is 35.4 Å². The van der Waals surface area contributed by atoms with Gasteiger partial charge in [-0.1, -0.05) is 121 Å². The fourth-order valence-corrected chi connectivity index (χ4v) is 9.85. The molecule has 4 rings (SSSR count). The van der Waals surface area contributed by atoms with Crippen molar-refractivity contribution in [3.63, 3.8) is 0 Å².